The predicted molar refractivity (Wildman–Crippen MR) is 264 cm³/mol. The first kappa shape index (κ1) is 52.9. The highest BCUT2D eigenvalue weighted by Crippen LogP contribution is 2.40. The molecule has 2 aromatic heterocycles. The number of hydroxylamine groups is 4. The van der Waals surface area contributed by atoms with Crippen LogP contribution in [0.25, 0.3) is 28.2 Å². The van der Waals surface area contributed by atoms with E-state index in [-0.39, 0.29) is 38.5 Å². The van der Waals surface area contributed by atoms with Crippen LogP contribution >= 0.6 is 0 Å². The minimum absolute atomic E-state index is 0.0000386. The molecule has 2 saturated heterocycles. The third-order valence-electron chi connectivity index (χ3n) is 13.1. The lowest BCUT2D eigenvalue weighted by atomic mass is 9.97. The zero-order valence-corrected chi connectivity index (χ0v) is 42.4. The molecule has 2 fully saturated rings. The summed E-state index contributed by atoms with van der Waals surface area (Å²) in [5.41, 5.74) is 6.58. The van der Waals surface area contributed by atoms with Crippen molar-refractivity contribution in [1.29, 1.82) is 0 Å². The van der Waals surface area contributed by atoms with E-state index in [2.05, 4.69) is 0 Å². The van der Waals surface area contributed by atoms with Crippen LogP contribution in [0.2, 0.25) is 0 Å². The van der Waals surface area contributed by atoms with Gasteiger partial charge in [0.25, 0.3) is 23.6 Å². The van der Waals surface area contributed by atoms with Crippen LogP contribution in [0.3, 0.4) is 0 Å². The zero-order chi connectivity index (χ0) is 52.9. The second-order valence-corrected chi connectivity index (χ2v) is 21.2. The summed E-state index contributed by atoms with van der Waals surface area (Å²) in [6.07, 6.45) is 17.6. The highest BCUT2D eigenvalue weighted by Gasteiger charge is 2.34. The molecular weight excluding hydrogens is 997 g/mol. The van der Waals surface area contributed by atoms with Gasteiger partial charge < -0.3 is 28.6 Å². The number of carbonyl (C=O) groups is 6. The topological polar surface area (TPSA) is 256 Å². The SMILES string of the molecule is CN(C)c1cc[n+](C2=C(/C=C3/C=CN(CCCCCC(=O)ON4C(=O)CCC4=O)c4ccc(S(=O)(=O)[O-])cc43)CC/C2=C\c2cc[n+](CCCCCC(=O)ON3C(=O)CCC3=O)c3ccc(S(=O)(=O)[O-])cc23)cc1. The number of carbonyl (C=O) groups excluding carboxylic acids is 6. The number of hydrogen-bond donors (Lipinski definition) is 0. The molecule has 2 aromatic carbocycles. The molecule has 388 valence electrons. The Balaban J connectivity index is 1.07. The number of benzene rings is 2. The van der Waals surface area contributed by atoms with Crippen LogP contribution in [-0.2, 0) is 65.2 Å². The van der Waals surface area contributed by atoms with Crippen molar-refractivity contribution >= 4 is 95.4 Å². The van der Waals surface area contributed by atoms with Crippen LogP contribution in [0.15, 0.2) is 112 Å². The lowest BCUT2D eigenvalue weighted by Gasteiger charge is -2.28. The van der Waals surface area contributed by atoms with Gasteiger partial charge in [0.1, 0.15) is 26.8 Å². The molecule has 4 aromatic rings. The molecule has 0 unspecified atom stereocenters. The van der Waals surface area contributed by atoms with Crippen molar-refractivity contribution in [2.24, 2.45) is 0 Å². The Kier molecular flexibility index (Phi) is 16.0. The smallest absolute Gasteiger partial charge is 0.333 e. The first-order valence-corrected chi connectivity index (χ1v) is 27.0. The van der Waals surface area contributed by atoms with Gasteiger partial charge in [-0.25, -0.2) is 26.4 Å². The number of allylic oxidation sites excluding steroid dienone is 6. The fourth-order valence-electron chi connectivity index (χ4n) is 9.26. The Labute approximate surface area is 427 Å². The minimum Gasteiger partial charge on any atom is -0.744 e. The summed E-state index contributed by atoms with van der Waals surface area (Å²) >= 11 is 0. The molecule has 5 heterocycles. The number of anilines is 2. The molecule has 0 atom stereocenters. The van der Waals surface area contributed by atoms with E-state index in [9.17, 15) is 54.7 Å². The van der Waals surface area contributed by atoms with E-state index >= 15 is 0 Å². The molecule has 4 aliphatic rings. The number of imide groups is 2. The van der Waals surface area contributed by atoms with Crippen molar-refractivity contribution in [3.8, 4) is 0 Å². The third-order valence-corrected chi connectivity index (χ3v) is 14.8. The molecule has 1 aliphatic carbocycles. The zero-order valence-electron chi connectivity index (χ0n) is 40.8. The van der Waals surface area contributed by atoms with E-state index in [0.717, 1.165) is 22.5 Å². The minimum atomic E-state index is -4.85. The van der Waals surface area contributed by atoms with Gasteiger partial charge in [-0.1, -0.05) is 6.42 Å². The van der Waals surface area contributed by atoms with Gasteiger partial charge in [0, 0.05) is 124 Å². The van der Waals surface area contributed by atoms with Crippen LogP contribution in [0.4, 0.5) is 11.4 Å². The highest BCUT2D eigenvalue weighted by molar-refractivity contribution is 7.86. The number of unbranched alkanes of at least 4 members (excludes halogenated alkanes) is 4. The molecular formula is C52H54N6O14S2. The van der Waals surface area contributed by atoms with E-state index in [0.29, 0.717) is 108 Å². The molecule has 22 heteroatoms. The van der Waals surface area contributed by atoms with Crippen molar-refractivity contribution in [2.75, 3.05) is 30.4 Å². The number of nitrogens with zero attached hydrogens (tertiary/aromatic N) is 6. The summed E-state index contributed by atoms with van der Waals surface area (Å²) in [6.45, 7) is 0.939. The van der Waals surface area contributed by atoms with E-state index in [1.807, 2.05) is 94.2 Å². The van der Waals surface area contributed by atoms with Crippen LogP contribution < -0.4 is 18.9 Å². The van der Waals surface area contributed by atoms with E-state index in [1.165, 1.54) is 24.3 Å². The summed E-state index contributed by atoms with van der Waals surface area (Å²) in [5.74, 6) is -3.58. The molecule has 74 heavy (non-hydrogen) atoms. The number of pyridine rings is 2. The van der Waals surface area contributed by atoms with Gasteiger partial charge in [-0.15, -0.1) is 10.1 Å². The maximum Gasteiger partial charge on any atom is 0.333 e. The molecule has 8 rings (SSSR count). The maximum absolute atomic E-state index is 12.4. The first-order chi connectivity index (χ1) is 35.2. The molecule has 0 radical (unpaired) electrons. The van der Waals surface area contributed by atoms with Gasteiger partial charge in [0.2, 0.25) is 11.2 Å². The molecule has 3 aliphatic heterocycles. The van der Waals surface area contributed by atoms with Gasteiger partial charge in [-0.3, -0.25) is 19.2 Å². The lowest BCUT2D eigenvalue weighted by Crippen LogP contribution is -2.34. The largest absolute Gasteiger partial charge is 0.744 e. The highest BCUT2D eigenvalue weighted by atomic mass is 32.2. The number of amides is 4. The van der Waals surface area contributed by atoms with Crippen molar-refractivity contribution < 1.29 is 73.5 Å². The molecule has 20 nitrogen and oxygen atoms in total. The molecule has 0 spiro atoms. The Morgan fingerprint density at radius 2 is 1.26 bits per heavy atom. The second kappa shape index (κ2) is 22.4. The summed E-state index contributed by atoms with van der Waals surface area (Å²) in [5, 5.41) is 1.55. The molecule has 4 amide bonds. The number of aryl methyl sites for hydroxylation is 1. The first-order valence-electron chi connectivity index (χ1n) is 24.2. The Hall–Kier alpha value is -7.40. The van der Waals surface area contributed by atoms with Crippen LogP contribution in [0.5, 0.6) is 0 Å². The monoisotopic (exact) mass is 1050 g/mol. The average molecular weight is 1050 g/mol. The predicted octanol–water partition coefficient (Wildman–Crippen LogP) is 5.13. The van der Waals surface area contributed by atoms with Crippen molar-refractivity contribution in [2.45, 2.75) is 106 Å². The van der Waals surface area contributed by atoms with Gasteiger partial charge in [0.15, 0.2) is 18.6 Å². The van der Waals surface area contributed by atoms with Crippen molar-refractivity contribution in [3.05, 3.63) is 114 Å². The normalized spacial score (nSPS) is 17.2. The summed E-state index contributed by atoms with van der Waals surface area (Å²) in [4.78, 5) is 85.1. The third kappa shape index (κ3) is 12.3. The standard InChI is InChI=1S/C52H54N6O14S2/c1-53(2)39-23-29-56(30-24-39)52-37(31-35-21-27-54(44-15-13-40(33-42(35)44)73(65,66)67)25-7-3-5-9-50(63)71-57-46(59)17-18-47(57)60)11-12-38(52)32-36-22-28-55(45-16-14-41(34-43(36)45)74(68,69)70)26-8-4-6-10-51(64)72-58-48(61)19-20-49(58)62/h13-16,21-24,27-34H,3-12,17-20,25-26H2,1-2H3. The number of aromatic nitrogens is 2. The summed E-state index contributed by atoms with van der Waals surface area (Å²) in [7, 11) is -5.85. The van der Waals surface area contributed by atoms with E-state index in [4.69, 9.17) is 9.68 Å². The second-order valence-electron chi connectivity index (χ2n) is 18.5. The summed E-state index contributed by atoms with van der Waals surface area (Å²) in [6, 6.07) is 14.2. The quantitative estimate of drug-likeness (QED) is 0.0481. The Bertz CT molecular complexity index is 3280. The fraction of sp³-hybridized carbons (Fsp3) is 0.346. The van der Waals surface area contributed by atoms with Crippen LogP contribution in [-0.4, -0.2) is 92.3 Å². The molecule has 0 saturated carbocycles. The Morgan fingerprint density at radius 3 is 1.85 bits per heavy atom. The van der Waals surface area contributed by atoms with Gasteiger partial charge in [-0.05, 0) is 98.2 Å². The van der Waals surface area contributed by atoms with E-state index < -0.39 is 65.6 Å². The number of hydrogen-bond acceptors (Lipinski definition) is 16. The molecule has 0 N–H and O–H groups in total. The van der Waals surface area contributed by atoms with E-state index in [1.54, 1.807) is 12.1 Å². The van der Waals surface area contributed by atoms with Gasteiger partial charge in [-0.2, -0.15) is 9.13 Å². The van der Waals surface area contributed by atoms with Crippen molar-refractivity contribution in [3.63, 3.8) is 0 Å². The average Bonchev–Trinajstić information content (AvgIpc) is 4.02. The number of rotatable bonds is 20. The molecule has 0 bridgehead atoms. The number of fused-ring (bicyclic) bond motifs is 2. The van der Waals surface area contributed by atoms with Gasteiger partial charge >= 0.3 is 11.9 Å². The van der Waals surface area contributed by atoms with Crippen LogP contribution in [0, 0.1) is 0 Å². The van der Waals surface area contributed by atoms with Crippen molar-refractivity contribution in [1.82, 2.24) is 10.1 Å². The van der Waals surface area contributed by atoms with Crippen LogP contribution in [0.1, 0.15) is 101 Å². The lowest BCUT2D eigenvalue weighted by molar-refractivity contribution is -0.671. The summed E-state index contributed by atoms with van der Waals surface area (Å²) < 4.78 is 78.2. The fourth-order valence-corrected chi connectivity index (χ4v) is 10.3. The Morgan fingerprint density at radius 1 is 0.676 bits per heavy atom. The maximum atomic E-state index is 12.4. The van der Waals surface area contributed by atoms with Gasteiger partial charge in [0.05, 0.1) is 15.2 Å².